The van der Waals surface area contributed by atoms with Crippen molar-refractivity contribution in [3.8, 4) is 0 Å². The molecule has 1 N–H and O–H groups in total. The van der Waals surface area contributed by atoms with Gasteiger partial charge >= 0.3 is 0 Å². The molecule has 11 heteroatoms. The lowest BCUT2D eigenvalue weighted by atomic mass is 9.95. The fourth-order valence-corrected chi connectivity index (χ4v) is 7.04. The monoisotopic (exact) mass is 729 g/mol. The number of likely N-dealkylation sites (N-methyl/N-ethyl adjacent to an activating group) is 1. The Balaban J connectivity index is 0.00000184. The second-order valence-corrected chi connectivity index (χ2v) is 12.7. The first kappa shape index (κ1) is 40.4. The van der Waals surface area contributed by atoms with Crippen LogP contribution in [-0.4, -0.2) is 85.6 Å². The van der Waals surface area contributed by atoms with Crippen molar-refractivity contribution in [1.82, 2.24) is 20.0 Å². The third kappa shape index (κ3) is 10.1. The summed E-state index contributed by atoms with van der Waals surface area (Å²) in [7, 11) is 2.12. The zero-order valence-corrected chi connectivity index (χ0v) is 30.5. The number of rotatable bonds is 9. The van der Waals surface area contributed by atoms with Crippen molar-refractivity contribution in [2.24, 2.45) is 0 Å². The SMILES string of the molecule is CN(C[C@H]1Cc2ccccc2CN1)[C@H](Cc1ccc(Cl)cc1)C(=O)N1CCN(c2ccccc2CN2CCCC2)CC1.Cl.Cl.Cl.Cl. The molecule has 6 nitrogen and oxygen atoms in total. The van der Waals surface area contributed by atoms with Crippen molar-refractivity contribution in [2.45, 2.75) is 50.9 Å². The van der Waals surface area contributed by atoms with Gasteiger partial charge in [-0.25, -0.2) is 0 Å². The number of nitrogens with one attached hydrogen (secondary N) is 1. The number of carbonyl (C=O) groups is 1. The van der Waals surface area contributed by atoms with E-state index in [0.29, 0.717) is 12.5 Å². The molecule has 0 spiro atoms. The van der Waals surface area contributed by atoms with E-state index in [4.69, 9.17) is 11.6 Å². The van der Waals surface area contributed by atoms with Crippen LogP contribution in [0.2, 0.25) is 5.02 Å². The minimum Gasteiger partial charge on any atom is -0.368 e. The van der Waals surface area contributed by atoms with E-state index in [1.807, 2.05) is 12.1 Å². The van der Waals surface area contributed by atoms with Crippen LogP contribution in [0.4, 0.5) is 5.69 Å². The van der Waals surface area contributed by atoms with E-state index in [9.17, 15) is 4.79 Å². The van der Waals surface area contributed by atoms with Crippen molar-refractivity contribution in [1.29, 1.82) is 0 Å². The van der Waals surface area contributed by atoms with Gasteiger partial charge in [0.25, 0.3) is 0 Å². The van der Waals surface area contributed by atoms with E-state index in [1.165, 1.54) is 48.3 Å². The fraction of sp³-hybridized carbons (Fsp3) is 0.457. The molecule has 2 saturated heterocycles. The van der Waals surface area contributed by atoms with Crippen LogP contribution in [0.1, 0.15) is 35.1 Å². The molecule has 254 valence electrons. The molecule has 46 heavy (non-hydrogen) atoms. The minimum absolute atomic E-state index is 0. The zero-order valence-electron chi connectivity index (χ0n) is 26.5. The third-order valence-corrected chi connectivity index (χ3v) is 9.60. The summed E-state index contributed by atoms with van der Waals surface area (Å²) in [6.07, 6.45) is 4.27. The average molecular weight is 732 g/mol. The van der Waals surface area contributed by atoms with Crippen LogP contribution in [0.3, 0.4) is 0 Å². The maximum Gasteiger partial charge on any atom is 0.240 e. The number of fused-ring (bicyclic) bond motifs is 1. The molecule has 1 amide bonds. The van der Waals surface area contributed by atoms with E-state index in [2.05, 4.69) is 92.6 Å². The highest BCUT2D eigenvalue weighted by molar-refractivity contribution is 6.30. The highest BCUT2D eigenvalue weighted by Gasteiger charge is 2.32. The number of likely N-dealkylation sites (tertiary alicyclic amines) is 1. The Bertz CT molecular complexity index is 1350. The maximum absolute atomic E-state index is 14.2. The van der Waals surface area contributed by atoms with E-state index in [1.54, 1.807) is 0 Å². The number of carbonyl (C=O) groups excluding carboxylic acids is 1. The van der Waals surface area contributed by atoms with Gasteiger partial charge in [-0.2, -0.15) is 0 Å². The fourth-order valence-electron chi connectivity index (χ4n) is 6.91. The summed E-state index contributed by atoms with van der Waals surface area (Å²) in [6, 6.07) is 25.6. The number of anilines is 1. The predicted molar refractivity (Wildman–Crippen MR) is 201 cm³/mol. The highest BCUT2D eigenvalue weighted by Crippen LogP contribution is 2.26. The van der Waals surface area contributed by atoms with Crippen molar-refractivity contribution in [2.75, 3.05) is 57.8 Å². The molecule has 2 fully saturated rings. The Labute approximate surface area is 304 Å². The summed E-state index contributed by atoms with van der Waals surface area (Å²) in [5.41, 5.74) is 6.67. The van der Waals surface area contributed by atoms with E-state index in [0.717, 1.165) is 62.8 Å². The van der Waals surface area contributed by atoms with Crippen LogP contribution in [0, 0.1) is 0 Å². The second-order valence-electron chi connectivity index (χ2n) is 12.3. The number of hydrogen-bond acceptors (Lipinski definition) is 5. The first-order chi connectivity index (χ1) is 20.5. The van der Waals surface area contributed by atoms with Gasteiger partial charge in [0, 0.05) is 62.6 Å². The largest absolute Gasteiger partial charge is 0.368 e. The molecule has 3 aliphatic heterocycles. The molecule has 0 bridgehead atoms. The predicted octanol–water partition coefficient (Wildman–Crippen LogP) is 6.53. The molecule has 6 rings (SSSR count). The third-order valence-electron chi connectivity index (χ3n) is 9.35. The van der Waals surface area contributed by atoms with Gasteiger partial charge in [0.1, 0.15) is 0 Å². The molecule has 0 aromatic heterocycles. The summed E-state index contributed by atoms with van der Waals surface area (Å²) < 4.78 is 0. The van der Waals surface area contributed by atoms with Crippen molar-refractivity contribution < 1.29 is 4.79 Å². The molecule has 3 aliphatic rings. The first-order valence-corrected chi connectivity index (χ1v) is 16.0. The molecule has 0 saturated carbocycles. The van der Waals surface area contributed by atoms with Crippen LogP contribution >= 0.6 is 61.2 Å². The molecule has 3 aromatic carbocycles. The van der Waals surface area contributed by atoms with Crippen LogP contribution in [0.5, 0.6) is 0 Å². The second kappa shape index (κ2) is 19.3. The van der Waals surface area contributed by atoms with E-state index < -0.39 is 0 Å². The van der Waals surface area contributed by atoms with Gasteiger partial charge in [-0.15, -0.1) is 49.6 Å². The Morgan fingerprint density at radius 2 is 1.48 bits per heavy atom. The number of nitrogens with zero attached hydrogens (tertiary/aromatic N) is 4. The van der Waals surface area contributed by atoms with Crippen LogP contribution in [0.25, 0.3) is 0 Å². The molecule has 3 heterocycles. The van der Waals surface area contributed by atoms with Gasteiger partial charge in [-0.1, -0.05) is 66.2 Å². The Morgan fingerprint density at radius 3 is 2.17 bits per heavy atom. The van der Waals surface area contributed by atoms with Gasteiger partial charge < -0.3 is 15.1 Å². The quantitative estimate of drug-likeness (QED) is 0.271. The topological polar surface area (TPSA) is 42.1 Å². The summed E-state index contributed by atoms with van der Waals surface area (Å²) >= 11 is 6.19. The number of halogens is 5. The highest BCUT2D eigenvalue weighted by atomic mass is 35.5. The summed E-state index contributed by atoms with van der Waals surface area (Å²) in [5, 5.41) is 4.43. The van der Waals surface area contributed by atoms with Crippen LogP contribution in [0.15, 0.2) is 72.8 Å². The van der Waals surface area contributed by atoms with Gasteiger partial charge in [0.15, 0.2) is 0 Å². The molecule has 3 aromatic rings. The number of hydrogen-bond donors (Lipinski definition) is 1. The lowest BCUT2D eigenvalue weighted by Gasteiger charge is -2.40. The average Bonchev–Trinajstić information content (AvgIpc) is 3.54. The number of benzene rings is 3. The van der Waals surface area contributed by atoms with Crippen molar-refractivity contribution >= 4 is 72.8 Å². The Hall–Kier alpha value is -1.74. The summed E-state index contributed by atoms with van der Waals surface area (Å²) in [4.78, 5) is 23.6. The van der Waals surface area contributed by atoms with Gasteiger partial charge in [-0.3, -0.25) is 14.6 Å². The lowest BCUT2D eigenvalue weighted by Crippen LogP contribution is -2.57. The number of piperazine rings is 1. The van der Waals surface area contributed by atoms with E-state index >= 15 is 0 Å². The summed E-state index contributed by atoms with van der Waals surface area (Å²) in [6.45, 7) is 8.33. The van der Waals surface area contributed by atoms with Crippen molar-refractivity contribution in [3.05, 3.63) is 100 Å². The number of amides is 1. The Morgan fingerprint density at radius 1 is 0.848 bits per heavy atom. The normalized spacial score (nSPS) is 18.4. The number of para-hydroxylation sites is 1. The molecule has 0 aliphatic carbocycles. The van der Waals surface area contributed by atoms with Gasteiger partial charge in [0.05, 0.1) is 6.04 Å². The molecule has 2 atom stereocenters. The molecule has 0 unspecified atom stereocenters. The first-order valence-electron chi connectivity index (χ1n) is 15.6. The van der Waals surface area contributed by atoms with Crippen LogP contribution in [-0.2, 0) is 30.7 Å². The zero-order chi connectivity index (χ0) is 28.9. The summed E-state index contributed by atoms with van der Waals surface area (Å²) in [5.74, 6) is 0.230. The minimum atomic E-state index is -0.223. The van der Waals surface area contributed by atoms with Gasteiger partial charge in [0.2, 0.25) is 5.91 Å². The lowest BCUT2D eigenvalue weighted by molar-refractivity contribution is -0.137. The molecular formula is C35H48Cl5N5O. The van der Waals surface area contributed by atoms with Gasteiger partial charge in [-0.05, 0) is 86.3 Å². The molecule has 0 radical (unpaired) electrons. The van der Waals surface area contributed by atoms with Crippen LogP contribution < -0.4 is 10.2 Å². The molecular weight excluding hydrogens is 684 g/mol. The van der Waals surface area contributed by atoms with Crippen molar-refractivity contribution in [3.63, 3.8) is 0 Å². The smallest absolute Gasteiger partial charge is 0.240 e. The maximum atomic E-state index is 14.2. The van der Waals surface area contributed by atoms with E-state index in [-0.39, 0.29) is 61.6 Å². The standard InChI is InChI=1S/C35H44ClN5O.4ClH/c1-38(26-32-23-28-8-2-3-9-29(28)24-37-32)34(22-27-12-14-31(36)15-13-27)35(42)41-20-18-40(19-21-41)33-11-5-4-10-30(33)25-39-16-6-7-17-39;;;;/h2-5,8-15,32,34,37H,6-7,16-26H2,1H3;4*1H/t32-,34-;;;;/m1..../s1. The Kier molecular flexibility index (Phi) is 17.0.